The van der Waals surface area contributed by atoms with Crippen LogP contribution in [0.5, 0.6) is 0 Å². The van der Waals surface area contributed by atoms with Crippen LogP contribution < -0.4 is 26.6 Å². The molecule has 716 valence electrons. The summed E-state index contributed by atoms with van der Waals surface area (Å²) in [6.07, 6.45) is -4.90. The Balaban J connectivity index is 1.11. The first-order valence-electron chi connectivity index (χ1n) is 44.5. The van der Waals surface area contributed by atoms with Crippen LogP contribution in [0.3, 0.4) is 0 Å². The van der Waals surface area contributed by atoms with Gasteiger partial charge in [0.1, 0.15) is 56.3 Å². The van der Waals surface area contributed by atoms with Crippen LogP contribution in [-0.4, -0.2) is 270 Å². The maximum atomic E-state index is 14.7. The number of esters is 9. The minimum absolute atomic E-state index is 0.0784. The fourth-order valence-corrected chi connectivity index (χ4v) is 15.9. The quantitative estimate of drug-likeness (QED) is 0.0168. The summed E-state index contributed by atoms with van der Waals surface area (Å²) in [6.45, 7) is 15.9. The number of unbranched alkanes of at least 4 members (excludes halogenated alkanes) is 10. The molecule has 0 saturated carbocycles. The molecule has 129 heavy (non-hydrogen) atoms. The van der Waals surface area contributed by atoms with E-state index in [1.807, 2.05) is 59.5 Å². The zero-order valence-electron chi connectivity index (χ0n) is 76.4. The second kappa shape index (κ2) is 57.5. The van der Waals surface area contributed by atoms with E-state index in [1.165, 1.54) is 41.5 Å². The van der Waals surface area contributed by atoms with Crippen molar-refractivity contribution in [2.24, 2.45) is 0 Å². The summed E-state index contributed by atoms with van der Waals surface area (Å²) in [5.41, 5.74) is 2.22. The van der Waals surface area contributed by atoms with Gasteiger partial charge in [0.25, 0.3) is 0 Å². The highest BCUT2D eigenvalue weighted by molar-refractivity contribution is 5.78. The molecule has 0 spiro atoms. The van der Waals surface area contributed by atoms with Crippen LogP contribution in [0.1, 0.15) is 222 Å². The molecule has 37 nitrogen and oxygen atoms in total. The molecule has 0 aromatic heterocycles. The van der Waals surface area contributed by atoms with Crippen LogP contribution in [0.2, 0.25) is 0 Å². The third kappa shape index (κ3) is 37.8. The summed E-state index contributed by atoms with van der Waals surface area (Å²) >= 11 is 0. The fourth-order valence-electron chi connectivity index (χ4n) is 15.9. The molecule has 9 unspecified atom stereocenters. The molecule has 3 fully saturated rings. The number of hydrogen-bond acceptors (Lipinski definition) is 31. The van der Waals surface area contributed by atoms with Gasteiger partial charge in [0.2, 0.25) is 35.4 Å². The van der Waals surface area contributed by atoms with Gasteiger partial charge < -0.3 is 103 Å². The van der Waals surface area contributed by atoms with E-state index in [2.05, 4.69) is 67.9 Å². The zero-order valence-corrected chi connectivity index (χ0v) is 76.4. The van der Waals surface area contributed by atoms with Crippen molar-refractivity contribution in [3.63, 3.8) is 0 Å². The van der Waals surface area contributed by atoms with Crippen LogP contribution in [0, 0.1) is 0 Å². The molecule has 3 saturated heterocycles. The van der Waals surface area contributed by atoms with Crippen molar-refractivity contribution in [1.82, 2.24) is 36.4 Å². The van der Waals surface area contributed by atoms with Crippen molar-refractivity contribution < 1.29 is 143 Å². The van der Waals surface area contributed by atoms with Crippen LogP contribution in [0.25, 0.3) is 0 Å². The molecule has 6 amide bonds. The summed E-state index contributed by atoms with van der Waals surface area (Å²) in [6, 6.07) is 27.4. The highest BCUT2D eigenvalue weighted by atomic mass is 16.7. The van der Waals surface area contributed by atoms with Crippen molar-refractivity contribution in [2.45, 2.75) is 303 Å². The van der Waals surface area contributed by atoms with Gasteiger partial charge in [0.05, 0.1) is 5.54 Å². The summed E-state index contributed by atoms with van der Waals surface area (Å²) in [7, 11) is 0. The molecule has 0 radical (unpaired) electrons. The number of rotatable bonds is 56. The molecule has 3 aromatic rings. The predicted molar refractivity (Wildman–Crippen MR) is 461 cm³/mol. The van der Waals surface area contributed by atoms with Crippen molar-refractivity contribution in [3.8, 4) is 0 Å². The highest BCUT2D eigenvalue weighted by Crippen LogP contribution is 2.43. The fraction of sp³-hybridized carbons (Fsp3) is 0.641. The number of carbonyl (C=O) groups is 15. The Kier molecular flexibility index (Phi) is 47.8. The van der Waals surface area contributed by atoms with Gasteiger partial charge in [0, 0.05) is 155 Å². The molecule has 0 bridgehead atoms. The largest absolute Gasteiger partial charge is 0.463 e. The monoisotopic (exact) mass is 1820 g/mol. The summed E-state index contributed by atoms with van der Waals surface area (Å²) < 4.78 is 85.8. The lowest BCUT2D eigenvalue weighted by molar-refractivity contribution is -0.277. The van der Waals surface area contributed by atoms with Crippen LogP contribution in [-0.2, 0) is 149 Å². The molecule has 3 heterocycles. The standard InChI is InChI=1S/C92H133N7O30/c1-59(100)95-80-86(124-68(10)109)83(121-65(7)106)74(56-118-62(4)103)127-89(80)115-53-33-16-13-28-44-77(112)93-47-36-50-98(79(114)46-30-15-18-35-55-117-91-82(97-61(3)102)88(126-70(12)111)85(123-67(9)108)76(129-91)58-120-64(6)105)49-31-32-51-99(92(71-38-22-19-23-39-71,72-40-24-20-25-41-72)73-42-26-21-27-43-73)52-37-48-94-78(113)45-29-14-17-34-54-116-90-81(96-60(2)101)87(125-69(11)110)84(122-66(8)107)75(128-90)57-119-63(5)104/h19-27,38-43,74-76,80-91H,13-18,28-37,44-58H2,1-12H3,(H,93,112)(H,94,113)(H,95,100)(H,96,101)(H,97,102)/t74?,75?,76?,80?,81?,82?,83-,84-,85-,86?,87?,88?,89+,90+,91+/m0/s1. The smallest absolute Gasteiger partial charge is 0.303 e. The van der Waals surface area contributed by atoms with Gasteiger partial charge in [-0.15, -0.1) is 0 Å². The molecule has 37 heteroatoms. The van der Waals surface area contributed by atoms with E-state index < -0.39 is 176 Å². The van der Waals surface area contributed by atoms with Crippen molar-refractivity contribution >= 4 is 89.2 Å². The third-order valence-electron chi connectivity index (χ3n) is 21.3. The molecule has 3 aliphatic heterocycles. The van der Waals surface area contributed by atoms with E-state index >= 15 is 0 Å². The first-order chi connectivity index (χ1) is 61.7. The van der Waals surface area contributed by atoms with Crippen LogP contribution in [0.4, 0.5) is 0 Å². The van der Waals surface area contributed by atoms with Crippen molar-refractivity contribution in [3.05, 3.63) is 108 Å². The van der Waals surface area contributed by atoms with Gasteiger partial charge in [-0.2, -0.15) is 0 Å². The molecule has 3 aliphatic rings. The molecular weight excluding hydrogens is 1680 g/mol. The number of ether oxygens (including phenoxy) is 15. The number of nitrogens with zero attached hydrogens (tertiary/aromatic N) is 2. The van der Waals surface area contributed by atoms with E-state index in [4.69, 9.17) is 71.1 Å². The van der Waals surface area contributed by atoms with Gasteiger partial charge in [-0.25, -0.2) is 0 Å². The van der Waals surface area contributed by atoms with E-state index in [0.29, 0.717) is 135 Å². The average Bonchev–Trinajstić information content (AvgIpc) is 0.735. The topological polar surface area (TPSA) is 461 Å². The third-order valence-corrected chi connectivity index (χ3v) is 21.3. The van der Waals surface area contributed by atoms with Gasteiger partial charge in [-0.05, 0) is 87.4 Å². The lowest BCUT2D eigenvalue weighted by Gasteiger charge is -2.46. The Morgan fingerprint density at radius 1 is 0.310 bits per heavy atom. The van der Waals surface area contributed by atoms with Crippen molar-refractivity contribution in [1.29, 1.82) is 0 Å². The maximum absolute atomic E-state index is 14.7. The number of amides is 6. The van der Waals surface area contributed by atoms with Gasteiger partial charge in [-0.1, -0.05) is 130 Å². The zero-order chi connectivity index (χ0) is 94.4. The van der Waals surface area contributed by atoms with E-state index in [0.717, 1.165) is 58.2 Å². The summed E-state index contributed by atoms with van der Waals surface area (Å²) in [5.74, 6) is -8.25. The second-order valence-electron chi connectivity index (χ2n) is 32.1. The molecule has 0 aliphatic carbocycles. The van der Waals surface area contributed by atoms with Gasteiger partial charge in [0.15, 0.2) is 55.5 Å². The predicted octanol–water partition coefficient (Wildman–Crippen LogP) is 6.77. The van der Waals surface area contributed by atoms with Crippen LogP contribution >= 0.6 is 0 Å². The van der Waals surface area contributed by atoms with E-state index in [1.54, 1.807) is 0 Å². The summed E-state index contributed by atoms with van der Waals surface area (Å²) in [5, 5.41) is 14.3. The van der Waals surface area contributed by atoms with Crippen LogP contribution in [0.15, 0.2) is 91.0 Å². The molecule has 5 N–H and O–H groups in total. The SMILES string of the molecule is CC(=O)NC1C(OC(C)=O)[C@@H](OC(C)=O)C(COC(C)=O)O[C@H]1OCCCCCCC(=O)NCCCN(CCCCN(CCCNC(=O)CCCCCCO[C@@H]1OC(COC(C)=O)[C@H](OC(C)=O)C(OC(C)=O)C1NC(C)=O)C(c1ccccc1)(c1ccccc1)c1ccccc1)C(=O)CCCCCCO[C@@H]1OC(COC(C)=O)[C@H](OC(C)=O)C(OC(C)=O)C1NC(C)=O. The van der Waals surface area contributed by atoms with Gasteiger partial charge in [-0.3, -0.25) is 76.8 Å². The first-order valence-corrected chi connectivity index (χ1v) is 44.5. The average molecular weight is 1820 g/mol. The maximum Gasteiger partial charge on any atom is 0.303 e. The lowest BCUT2D eigenvalue weighted by atomic mass is 9.75. The molecule has 3 aromatic carbocycles. The molecular formula is C92H133N7O30. The van der Waals surface area contributed by atoms with Gasteiger partial charge >= 0.3 is 53.7 Å². The van der Waals surface area contributed by atoms with Crippen molar-refractivity contribution in [2.75, 3.05) is 78.9 Å². The Morgan fingerprint density at radius 3 is 0.884 bits per heavy atom. The summed E-state index contributed by atoms with van der Waals surface area (Å²) in [4.78, 5) is 193. The normalized spacial score (nSPS) is 21.8. The highest BCUT2D eigenvalue weighted by Gasteiger charge is 2.55. The lowest BCUT2D eigenvalue weighted by Crippen LogP contribution is -2.66. The molecule has 6 rings (SSSR count). The minimum Gasteiger partial charge on any atom is -0.463 e. The number of carbonyl (C=O) groups excluding carboxylic acids is 15. The Morgan fingerprint density at radius 2 is 0.581 bits per heavy atom. The Labute approximate surface area is 754 Å². The Hall–Kier alpha value is -10.6. The number of nitrogens with one attached hydrogen (secondary N) is 5. The minimum atomic E-state index is -1.29. The van der Waals surface area contributed by atoms with E-state index in [9.17, 15) is 71.9 Å². The molecule has 15 atom stereocenters. The first kappa shape index (κ1) is 107. The van der Waals surface area contributed by atoms with E-state index in [-0.39, 0.29) is 76.6 Å². The number of hydrogen-bond donors (Lipinski definition) is 5. The Bertz CT molecular complexity index is 3960. The number of benzene rings is 3. The second-order valence-corrected chi connectivity index (χ2v) is 32.1.